The van der Waals surface area contributed by atoms with Gasteiger partial charge in [-0.3, -0.25) is 4.79 Å². The Kier molecular flexibility index (Phi) is 6.80. The van der Waals surface area contributed by atoms with Crippen molar-refractivity contribution in [1.29, 1.82) is 5.26 Å². The molecule has 0 atom stereocenters. The van der Waals surface area contributed by atoms with Crippen molar-refractivity contribution in [2.24, 2.45) is 0 Å². The highest BCUT2D eigenvalue weighted by molar-refractivity contribution is 7.91. The molecule has 1 saturated heterocycles. The summed E-state index contributed by atoms with van der Waals surface area (Å²) in [7, 11) is -3.39. The number of likely N-dealkylation sites (tertiary alicyclic amines) is 1. The van der Waals surface area contributed by atoms with Gasteiger partial charge in [0.05, 0.1) is 16.7 Å². The first-order valence-electron chi connectivity index (χ1n) is 8.53. The van der Waals surface area contributed by atoms with Crippen molar-refractivity contribution >= 4 is 15.7 Å². The molecule has 0 N–H and O–H groups in total. The molecule has 0 unspecified atom stereocenters. The van der Waals surface area contributed by atoms with Gasteiger partial charge in [0.15, 0.2) is 9.84 Å². The van der Waals surface area contributed by atoms with Crippen molar-refractivity contribution in [2.45, 2.75) is 49.8 Å². The first-order chi connectivity index (χ1) is 11.5. The van der Waals surface area contributed by atoms with Gasteiger partial charge in [0.1, 0.15) is 0 Å². The molecule has 1 heterocycles. The molecule has 1 aliphatic heterocycles. The number of nitriles is 1. The van der Waals surface area contributed by atoms with E-state index in [1.165, 1.54) is 18.6 Å². The van der Waals surface area contributed by atoms with Crippen LogP contribution in [0.3, 0.4) is 0 Å². The second-order valence-electron chi connectivity index (χ2n) is 6.16. The van der Waals surface area contributed by atoms with E-state index in [1.807, 2.05) is 11.0 Å². The zero-order chi connectivity index (χ0) is 17.4. The highest BCUT2D eigenvalue weighted by Gasteiger charge is 2.18. The topological polar surface area (TPSA) is 78.2 Å². The van der Waals surface area contributed by atoms with Crippen LogP contribution >= 0.6 is 0 Å². The third kappa shape index (κ3) is 5.07. The van der Waals surface area contributed by atoms with Crippen LogP contribution in [0, 0.1) is 11.3 Å². The van der Waals surface area contributed by atoms with Crippen LogP contribution in [0.2, 0.25) is 0 Å². The van der Waals surface area contributed by atoms with E-state index in [2.05, 4.69) is 0 Å². The van der Waals surface area contributed by atoms with Gasteiger partial charge < -0.3 is 4.90 Å². The zero-order valence-corrected chi connectivity index (χ0v) is 14.7. The molecule has 130 valence electrons. The molecule has 5 nitrogen and oxygen atoms in total. The molecule has 0 aromatic heterocycles. The molecule has 1 amide bonds. The summed E-state index contributed by atoms with van der Waals surface area (Å²) < 4.78 is 24.3. The largest absolute Gasteiger partial charge is 0.339 e. The Balaban J connectivity index is 2.05. The van der Waals surface area contributed by atoms with Crippen LogP contribution < -0.4 is 0 Å². The van der Waals surface area contributed by atoms with E-state index in [4.69, 9.17) is 5.26 Å². The van der Waals surface area contributed by atoms with E-state index in [-0.39, 0.29) is 23.0 Å². The van der Waals surface area contributed by atoms with Crippen molar-refractivity contribution in [2.75, 3.05) is 18.8 Å². The second kappa shape index (κ2) is 8.84. The van der Waals surface area contributed by atoms with Gasteiger partial charge in [-0.15, -0.1) is 0 Å². The van der Waals surface area contributed by atoms with Gasteiger partial charge in [0, 0.05) is 25.1 Å². The predicted molar refractivity (Wildman–Crippen MR) is 92.3 cm³/mol. The Labute approximate surface area is 144 Å². The third-order valence-electron chi connectivity index (χ3n) is 4.31. The fourth-order valence-corrected chi connectivity index (χ4v) is 4.21. The van der Waals surface area contributed by atoms with E-state index >= 15 is 0 Å². The molecule has 0 radical (unpaired) electrons. The highest BCUT2D eigenvalue weighted by atomic mass is 32.2. The molecule has 24 heavy (non-hydrogen) atoms. The number of carbonyl (C=O) groups is 1. The van der Waals surface area contributed by atoms with E-state index in [1.54, 1.807) is 12.1 Å². The number of carbonyl (C=O) groups excluding carboxylic acids is 1. The fraction of sp³-hybridized carbons (Fsp3) is 0.556. The standard InChI is InChI=1S/C18H24N2O3S/c19-12-4-7-15-24(22,23)17-10-8-16(9-11-17)18(21)20-13-5-2-1-3-6-14-20/h8-11H,1-7,13-15H2. The van der Waals surface area contributed by atoms with Gasteiger partial charge in [0.2, 0.25) is 0 Å². The SMILES string of the molecule is N#CCCCS(=O)(=O)c1ccc(C(=O)N2CCCCCCC2)cc1. The minimum Gasteiger partial charge on any atom is -0.339 e. The number of rotatable bonds is 5. The number of sulfone groups is 1. The number of hydrogen-bond donors (Lipinski definition) is 0. The fourth-order valence-electron chi connectivity index (χ4n) is 2.90. The zero-order valence-electron chi connectivity index (χ0n) is 13.9. The van der Waals surface area contributed by atoms with Crippen molar-refractivity contribution < 1.29 is 13.2 Å². The maximum atomic E-state index is 12.6. The molecular weight excluding hydrogens is 324 g/mol. The normalized spacial score (nSPS) is 16.0. The Morgan fingerprint density at radius 3 is 2.21 bits per heavy atom. The second-order valence-corrected chi connectivity index (χ2v) is 8.27. The molecule has 6 heteroatoms. The molecule has 1 aromatic carbocycles. The first kappa shape index (κ1) is 18.5. The Hall–Kier alpha value is -1.87. The van der Waals surface area contributed by atoms with E-state index in [0.29, 0.717) is 12.0 Å². The number of benzene rings is 1. The van der Waals surface area contributed by atoms with Crippen molar-refractivity contribution in [3.63, 3.8) is 0 Å². The van der Waals surface area contributed by atoms with E-state index in [0.717, 1.165) is 38.8 Å². The van der Waals surface area contributed by atoms with Crippen LogP contribution in [0.4, 0.5) is 0 Å². The average Bonchev–Trinajstić information content (AvgIpc) is 2.54. The summed E-state index contributed by atoms with van der Waals surface area (Å²) in [6.45, 7) is 1.54. The van der Waals surface area contributed by atoms with Crippen LogP contribution in [0.15, 0.2) is 29.2 Å². The van der Waals surface area contributed by atoms with Crippen molar-refractivity contribution in [1.82, 2.24) is 4.90 Å². The lowest BCUT2D eigenvalue weighted by Crippen LogP contribution is -2.33. The summed E-state index contributed by atoms with van der Waals surface area (Å²) in [5, 5.41) is 8.51. The molecule has 2 rings (SSSR count). The molecule has 0 aliphatic carbocycles. The van der Waals surface area contributed by atoms with E-state index < -0.39 is 9.84 Å². The Morgan fingerprint density at radius 2 is 1.62 bits per heavy atom. The summed E-state index contributed by atoms with van der Waals surface area (Å²) >= 11 is 0. The summed E-state index contributed by atoms with van der Waals surface area (Å²) in [5.74, 6) is -0.0645. The summed E-state index contributed by atoms with van der Waals surface area (Å²) in [6, 6.07) is 8.14. The summed E-state index contributed by atoms with van der Waals surface area (Å²) in [6.07, 6.45) is 6.15. The number of nitrogens with zero attached hydrogens (tertiary/aromatic N) is 2. The van der Waals surface area contributed by atoms with Crippen LogP contribution in [-0.4, -0.2) is 38.1 Å². The van der Waals surface area contributed by atoms with Crippen LogP contribution in [0.1, 0.15) is 55.3 Å². The smallest absolute Gasteiger partial charge is 0.253 e. The third-order valence-corrected chi connectivity index (χ3v) is 6.12. The maximum Gasteiger partial charge on any atom is 0.253 e. The average molecular weight is 348 g/mol. The minimum absolute atomic E-state index is 0.0228. The molecule has 1 aromatic rings. The molecule has 0 saturated carbocycles. The van der Waals surface area contributed by atoms with Gasteiger partial charge in [-0.25, -0.2) is 8.42 Å². The van der Waals surface area contributed by atoms with Gasteiger partial charge in [-0.2, -0.15) is 5.26 Å². The monoisotopic (exact) mass is 348 g/mol. The van der Waals surface area contributed by atoms with Crippen molar-refractivity contribution in [3.05, 3.63) is 29.8 Å². The van der Waals surface area contributed by atoms with Gasteiger partial charge in [-0.1, -0.05) is 19.3 Å². The molecular formula is C18H24N2O3S. The van der Waals surface area contributed by atoms with Crippen LogP contribution in [0.25, 0.3) is 0 Å². The lowest BCUT2D eigenvalue weighted by Gasteiger charge is -2.24. The van der Waals surface area contributed by atoms with Gasteiger partial charge >= 0.3 is 0 Å². The van der Waals surface area contributed by atoms with Crippen LogP contribution in [0.5, 0.6) is 0 Å². The first-order valence-corrected chi connectivity index (χ1v) is 10.2. The lowest BCUT2D eigenvalue weighted by molar-refractivity contribution is 0.0742. The summed E-state index contributed by atoms with van der Waals surface area (Å²) in [4.78, 5) is 14.7. The van der Waals surface area contributed by atoms with Gasteiger partial charge in [0.25, 0.3) is 5.91 Å². The number of unbranched alkanes of at least 4 members (excludes halogenated alkanes) is 1. The Bertz CT molecular complexity index is 682. The molecule has 1 fully saturated rings. The number of amides is 1. The highest BCUT2D eigenvalue weighted by Crippen LogP contribution is 2.17. The molecule has 0 bridgehead atoms. The quantitative estimate of drug-likeness (QED) is 0.766. The van der Waals surface area contributed by atoms with E-state index in [9.17, 15) is 13.2 Å². The summed E-state index contributed by atoms with van der Waals surface area (Å²) in [5.41, 5.74) is 0.534. The van der Waals surface area contributed by atoms with Crippen molar-refractivity contribution in [3.8, 4) is 6.07 Å². The molecule has 1 aliphatic rings. The number of hydrogen-bond acceptors (Lipinski definition) is 4. The maximum absolute atomic E-state index is 12.6. The van der Waals surface area contributed by atoms with Crippen LogP contribution in [-0.2, 0) is 9.84 Å². The predicted octanol–water partition coefficient (Wildman–Crippen LogP) is 3.17. The lowest BCUT2D eigenvalue weighted by atomic mass is 10.1. The molecule has 0 spiro atoms. The Morgan fingerprint density at radius 1 is 1.04 bits per heavy atom. The minimum atomic E-state index is -3.39. The van der Waals surface area contributed by atoms with Gasteiger partial charge in [-0.05, 0) is 43.5 Å².